The van der Waals surface area contributed by atoms with Crippen molar-refractivity contribution in [1.82, 2.24) is 25.1 Å². The van der Waals surface area contributed by atoms with Crippen molar-refractivity contribution in [3.05, 3.63) is 53.6 Å². The molecule has 9 heteroatoms. The number of hydrogen-bond donors (Lipinski definition) is 1. The van der Waals surface area contributed by atoms with Crippen molar-refractivity contribution >= 4 is 24.0 Å². The van der Waals surface area contributed by atoms with Gasteiger partial charge in [0.15, 0.2) is 5.75 Å². The lowest BCUT2D eigenvalue weighted by molar-refractivity contribution is -0.115. The van der Waals surface area contributed by atoms with Crippen molar-refractivity contribution in [1.29, 1.82) is 0 Å². The molecule has 1 aromatic heterocycles. The summed E-state index contributed by atoms with van der Waals surface area (Å²) in [6.07, 6.45) is 3.55. The summed E-state index contributed by atoms with van der Waals surface area (Å²) in [4.78, 5) is 14.7. The van der Waals surface area contributed by atoms with Gasteiger partial charge in [0, 0.05) is 6.54 Å². The Bertz CT molecular complexity index is 1030. The molecule has 1 amide bonds. The minimum Gasteiger partial charge on any atom is -0.421 e. The second-order valence-corrected chi connectivity index (χ2v) is 7.70. The number of nitrogens with zero attached hydrogens (tertiary/aromatic N) is 5. The fourth-order valence-corrected chi connectivity index (χ4v) is 3.99. The van der Waals surface area contributed by atoms with Crippen molar-refractivity contribution in [3.8, 4) is 17.4 Å². The average molecular weight is 457 g/mol. The number of tetrazole rings is 1. The van der Waals surface area contributed by atoms with Crippen LogP contribution < -0.4 is 10.1 Å². The van der Waals surface area contributed by atoms with E-state index in [1.807, 2.05) is 36.4 Å². The Morgan fingerprint density at radius 1 is 1.06 bits per heavy atom. The SMILES string of the molecule is CCCN(CCC)CCc1ccc(Oc2nnnn2-c2ccccc2)c2c1CC(=O)N2.Cl. The quantitative estimate of drug-likeness (QED) is 0.495. The molecule has 1 N–H and O–H groups in total. The first-order valence-corrected chi connectivity index (χ1v) is 10.9. The van der Waals surface area contributed by atoms with E-state index in [1.54, 1.807) is 0 Å². The minimum atomic E-state index is -0.0195. The van der Waals surface area contributed by atoms with Crippen molar-refractivity contribution < 1.29 is 9.53 Å². The largest absolute Gasteiger partial charge is 0.421 e. The lowest BCUT2D eigenvalue weighted by atomic mass is 10.0. The predicted molar refractivity (Wildman–Crippen MR) is 126 cm³/mol. The molecule has 32 heavy (non-hydrogen) atoms. The third kappa shape index (κ3) is 5.26. The predicted octanol–water partition coefficient (Wildman–Crippen LogP) is 4.04. The van der Waals surface area contributed by atoms with Gasteiger partial charge in [-0.3, -0.25) is 4.79 Å². The van der Waals surface area contributed by atoms with Crippen LogP contribution in [0.3, 0.4) is 0 Å². The van der Waals surface area contributed by atoms with E-state index in [-0.39, 0.29) is 24.3 Å². The lowest BCUT2D eigenvalue weighted by Crippen LogP contribution is -2.28. The molecule has 1 aliphatic heterocycles. The summed E-state index contributed by atoms with van der Waals surface area (Å²) in [6, 6.07) is 13.8. The highest BCUT2D eigenvalue weighted by molar-refractivity contribution is 6.01. The normalized spacial score (nSPS) is 12.4. The van der Waals surface area contributed by atoms with Crippen LogP contribution in [0.4, 0.5) is 5.69 Å². The van der Waals surface area contributed by atoms with E-state index < -0.39 is 0 Å². The number of halogens is 1. The van der Waals surface area contributed by atoms with Gasteiger partial charge < -0.3 is 15.0 Å². The first-order valence-electron chi connectivity index (χ1n) is 10.9. The molecule has 0 saturated heterocycles. The smallest absolute Gasteiger partial charge is 0.345 e. The minimum absolute atomic E-state index is 0. The number of nitrogens with one attached hydrogen (secondary N) is 1. The highest BCUT2D eigenvalue weighted by Crippen LogP contribution is 2.38. The fraction of sp³-hybridized carbons (Fsp3) is 0.391. The maximum absolute atomic E-state index is 12.2. The van der Waals surface area contributed by atoms with Crippen LogP contribution in [0.5, 0.6) is 11.8 Å². The highest BCUT2D eigenvalue weighted by Gasteiger charge is 2.26. The Hall–Kier alpha value is -2.97. The standard InChI is InChI=1S/C23H28N6O2.ClH/c1-3-13-28(14-4-2)15-12-17-10-11-20(22-19(17)16-21(30)24-22)31-23-25-26-27-29(23)18-8-6-5-7-9-18;/h5-11H,3-4,12-16H2,1-2H3,(H,24,30);1H. The molecule has 170 valence electrons. The van der Waals surface area contributed by atoms with Gasteiger partial charge in [-0.15, -0.1) is 12.4 Å². The zero-order chi connectivity index (χ0) is 21.6. The number of benzene rings is 2. The van der Waals surface area contributed by atoms with Crippen LogP contribution in [0.25, 0.3) is 5.69 Å². The third-order valence-corrected chi connectivity index (χ3v) is 5.39. The summed E-state index contributed by atoms with van der Waals surface area (Å²) in [5, 5.41) is 14.8. The van der Waals surface area contributed by atoms with Gasteiger partial charge in [0.1, 0.15) is 0 Å². The van der Waals surface area contributed by atoms with Crippen LogP contribution in [0.1, 0.15) is 37.8 Å². The van der Waals surface area contributed by atoms with Gasteiger partial charge >= 0.3 is 6.01 Å². The second-order valence-electron chi connectivity index (χ2n) is 7.70. The number of fused-ring (bicyclic) bond motifs is 1. The first kappa shape index (κ1) is 23.7. The number of carbonyl (C=O) groups excluding carboxylic acids is 1. The van der Waals surface area contributed by atoms with E-state index in [2.05, 4.69) is 45.7 Å². The van der Waals surface area contributed by atoms with Crippen molar-refractivity contribution in [2.24, 2.45) is 0 Å². The second kappa shape index (κ2) is 11.1. The molecular weight excluding hydrogens is 428 g/mol. The van der Waals surface area contributed by atoms with Gasteiger partial charge in [0.25, 0.3) is 0 Å². The Labute approximate surface area is 194 Å². The molecule has 0 saturated carbocycles. The zero-order valence-electron chi connectivity index (χ0n) is 18.5. The molecule has 0 unspecified atom stereocenters. The summed E-state index contributed by atoms with van der Waals surface area (Å²) in [6.45, 7) is 7.58. The average Bonchev–Trinajstić information content (AvgIpc) is 3.40. The van der Waals surface area contributed by atoms with Gasteiger partial charge in [0.2, 0.25) is 5.91 Å². The number of hydrogen-bond acceptors (Lipinski definition) is 6. The van der Waals surface area contributed by atoms with Gasteiger partial charge in [0.05, 0.1) is 17.8 Å². The summed E-state index contributed by atoms with van der Waals surface area (Å²) < 4.78 is 7.59. The van der Waals surface area contributed by atoms with E-state index in [0.29, 0.717) is 12.2 Å². The maximum Gasteiger partial charge on any atom is 0.345 e. The molecule has 0 bridgehead atoms. The van der Waals surface area contributed by atoms with Crippen molar-refractivity contribution in [2.75, 3.05) is 25.0 Å². The monoisotopic (exact) mass is 456 g/mol. The van der Waals surface area contributed by atoms with Gasteiger partial charge in [-0.1, -0.05) is 43.2 Å². The molecular formula is C23H29ClN6O2. The number of rotatable bonds is 10. The molecule has 8 nitrogen and oxygen atoms in total. The highest BCUT2D eigenvalue weighted by atomic mass is 35.5. The van der Waals surface area contributed by atoms with Crippen LogP contribution in [-0.2, 0) is 17.6 Å². The van der Waals surface area contributed by atoms with E-state index in [4.69, 9.17) is 4.74 Å². The molecule has 0 radical (unpaired) electrons. The van der Waals surface area contributed by atoms with E-state index in [0.717, 1.165) is 55.8 Å². The van der Waals surface area contributed by atoms with Crippen molar-refractivity contribution in [3.63, 3.8) is 0 Å². The number of carbonyl (C=O) groups is 1. The van der Waals surface area contributed by atoms with Crippen LogP contribution in [0.15, 0.2) is 42.5 Å². The zero-order valence-corrected chi connectivity index (χ0v) is 19.3. The molecule has 2 aromatic carbocycles. The Balaban J connectivity index is 0.00000289. The molecule has 4 rings (SSSR count). The van der Waals surface area contributed by atoms with Crippen LogP contribution in [-0.4, -0.2) is 50.6 Å². The molecule has 2 heterocycles. The summed E-state index contributed by atoms with van der Waals surface area (Å²) in [7, 11) is 0. The van der Waals surface area contributed by atoms with Crippen molar-refractivity contribution in [2.45, 2.75) is 39.5 Å². The first-order chi connectivity index (χ1) is 15.2. The van der Waals surface area contributed by atoms with Crippen LogP contribution >= 0.6 is 12.4 Å². The Morgan fingerprint density at radius 2 is 1.81 bits per heavy atom. The van der Waals surface area contributed by atoms with Gasteiger partial charge in [-0.2, -0.15) is 4.68 Å². The number of anilines is 1. The van der Waals surface area contributed by atoms with E-state index in [1.165, 1.54) is 10.2 Å². The number of ether oxygens (including phenoxy) is 1. The summed E-state index contributed by atoms with van der Waals surface area (Å²) in [5.41, 5.74) is 3.71. The number of aromatic nitrogens is 4. The third-order valence-electron chi connectivity index (χ3n) is 5.39. The fourth-order valence-electron chi connectivity index (χ4n) is 3.99. The molecule has 1 aliphatic rings. The summed E-state index contributed by atoms with van der Waals surface area (Å²) >= 11 is 0. The molecule has 0 spiro atoms. The van der Waals surface area contributed by atoms with Gasteiger partial charge in [-0.25, -0.2) is 0 Å². The number of para-hydroxylation sites is 1. The lowest BCUT2D eigenvalue weighted by Gasteiger charge is -2.21. The maximum atomic E-state index is 12.2. The van der Waals surface area contributed by atoms with Gasteiger partial charge in [-0.05, 0) is 72.1 Å². The number of amides is 1. The van der Waals surface area contributed by atoms with E-state index >= 15 is 0 Å². The summed E-state index contributed by atoms with van der Waals surface area (Å²) in [5.74, 6) is 0.532. The molecule has 0 atom stereocenters. The molecule has 0 aliphatic carbocycles. The Kier molecular flexibility index (Phi) is 8.19. The van der Waals surface area contributed by atoms with Crippen LogP contribution in [0, 0.1) is 0 Å². The van der Waals surface area contributed by atoms with Crippen LogP contribution in [0.2, 0.25) is 0 Å². The van der Waals surface area contributed by atoms with E-state index in [9.17, 15) is 4.79 Å². The molecule has 0 fully saturated rings. The molecule has 3 aromatic rings. The Morgan fingerprint density at radius 3 is 2.53 bits per heavy atom. The topological polar surface area (TPSA) is 85.2 Å².